The van der Waals surface area contributed by atoms with E-state index in [1.807, 2.05) is 36.4 Å². The molecule has 112 valence electrons. The van der Waals surface area contributed by atoms with E-state index in [-0.39, 0.29) is 18.2 Å². The molecular weight excluding hydrogens is 268 g/mol. The van der Waals surface area contributed by atoms with Gasteiger partial charge in [0, 0.05) is 12.3 Å². The van der Waals surface area contributed by atoms with Gasteiger partial charge in [-0.25, -0.2) is 4.79 Å². The monoisotopic (exact) mass is 288 g/mol. The van der Waals surface area contributed by atoms with Crippen LogP contribution in [0.2, 0.25) is 0 Å². The topological polar surface area (TPSA) is 79.2 Å². The molecule has 0 aliphatic heterocycles. The van der Waals surface area contributed by atoms with Gasteiger partial charge >= 0.3 is 5.97 Å². The van der Waals surface area contributed by atoms with Gasteiger partial charge in [-0.15, -0.1) is 0 Å². The number of nitriles is 1. The molecule has 0 bridgehead atoms. The highest BCUT2D eigenvalue weighted by Gasteiger charge is 2.23. The molecular formula is C16H20N2O3. The fourth-order valence-electron chi connectivity index (χ4n) is 1.93. The average molecular weight is 288 g/mol. The van der Waals surface area contributed by atoms with Crippen molar-refractivity contribution in [2.45, 2.75) is 32.2 Å². The number of amides is 1. The molecule has 1 amide bonds. The van der Waals surface area contributed by atoms with Crippen LogP contribution >= 0.6 is 0 Å². The molecule has 0 fully saturated rings. The quantitative estimate of drug-likeness (QED) is 0.776. The minimum absolute atomic E-state index is 0.223. The Balaban J connectivity index is 2.52. The summed E-state index contributed by atoms with van der Waals surface area (Å²) in [4.78, 5) is 23.5. The number of ether oxygens (including phenoxy) is 1. The van der Waals surface area contributed by atoms with Crippen molar-refractivity contribution in [3.05, 3.63) is 35.9 Å². The number of hydrogen-bond donors (Lipinski definition) is 1. The molecule has 0 aliphatic rings. The summed E-state index contributed by atoms with van der Waals surface area (Å²) in [6, 6.07) is 10.9. The van der Waals surface area contributed by atoms with Crippen LogP contribution in [-0.4, -0.2) is 25.0 Å². The number of nitrogens with one attached hydrogen (secondary N) is 1. The molecule has 0 spiro atoms. The molecule has 0 radical (unpaired) electrons. The van der Waals surface area contributed by atoms with Crippen molar-refractivity contribution in [2.75, 3.05) is 7.11 Å². The van der Waals surface area contributed by atoms with Crippen LogP contribution in [0.4, 0.5) is 0 Å². The zero-order valence-corrected chi connectivity index (χ0v) is 12.3. The number of rotatable bonds is 7. The minimum Gasteiger partial charge on any atom is -0.467 e. The first-order chi connectivity index (χ1) is 10.1. The molecule has 0 heterocycles. The second-order valence-corrected chi connectivity index (χ2v) is 4.89. The molecule has 21 heavy (non-hydrogen) atoms. The van der Waals surface area contributed by atoms with Crippen LogP contribution < -0.4 is 5.32 Å². The highest BCUT2D eigenvalue weighted by molar-refractivity contribution is 5.84. The molecule has 0 unspecified atom stereocenters. The molecule has 2 atom stereocenters. The number of nitrogens with zero attached hydrogens (tertiary/aromatic N) is 1. The molecule has 1 N–H and O–H groups in total. The van der Waals surface area contributed by atoms with E-state index >= 15 is 0 Å². The highest BCUT2D eigenvalue weighted by Crippen LogP contribution is 2.08. The van der Waals surface area contributed by atoms with Gasteiger partial charge in [0.25, 0.3) is 0 Å². The minimum atomic E-state index is -0.770. The van der Waals surface area contributed by atoms with E-state index < -0.39 is 12.0 Å². The van der Waals surface area contributed by atoms with Gasteiger partial charge < -0.3 is 10.1 Å². The first kappa shape index (κ1) is 16.7. The third-order valence-corrected chi connectivity index (χ3v) is 3.11. The maximum atomic E-state index is 11.9. The maximum Gasteiger partial charge on any atom is 0.328 e. The van der Waals surface area contributed by atoms with Crippen molar-refractivity contribution < 1.29 is 14.3 Å². The smallest absolute Gasteiger partial charge is 0.328 e. The Morgan fingerprint density at radius 3 is 2.57 bits per heavy atom. The van der Waals surface area contributed by atoms with E-state index in [1.165, 1.54) is 7.11 Å². The molecule has 0 saturated heterocycles. The van der Waals surface area contributed by atoms with Crippen molar-refractivity contribution in [1.82, 2.24) is 5.32 Å². The average Bonchev–Trinajstić information content (AvgIpc) is 2.52. The Morgan fingerprint density at radius 1 is 1.33 bits per heavy atom. The van der Waals surface area contributed by atoms with Crippen molar-refractivity contribution in [3.63, 3.8) is 0 Å². The van der Waals surface area contributed by atoms with Crippen molar-refractivity contribution in [3.8, 4) is 6.07 Å². The van der Waals surface area contributed by atoms with E-state index in [2.05, 4.69) is 10.1 Å². The SMILES string of the molecule is COC(=O)[C@@H](C[C@@H](C)C#N)NC(=O)CCc1ccccc1. The van der Waals surface area contributed by atoms with Crippen LogP contribution in [0.1, 0.15) is 25.3 Å². The largest absolute Gasteiger partial charge is 0.467 e. The van der Waals surface area contributed by atoms with Crippen LogP contribution in [-0.2, 0) is 20.7 Å². The lowest BCUT2D eigenvalue weighted by Crippen LogP contribution is -2.42. The number of esters is 1. The molecule has 0 saturated carbocycles. The molecule has 1 aromatic carbocycles. The number of benzene rings is 1. The predicted octanol–water partition coefficient (Wildman–Crippen LogP) is 1.83. The summed E-state index contributed by atoms with van der Waals surface area (Å²) in [5.74, 6) is -1.08. The van der Waals surface area contributed by atoms with Crippen LogP contribution in [0.15, 0.2) is 30.3 Å². The first-order valence-corrected chi connectivity index (χ1v) is 6.87. The maximum absolute atomic E-state index is 11.9. The normalized spacial score (nSPS) is 12.8. The fourth-order valence-corrected chi connectivity index (χ4v) is 1.93. The van der Waals surface area contributed by atoms with Gasteiger partial charge in [0.05, 0.1) is 13.2 Å². The first-order valence-electron chi connectivity index (χ1n) is 6.87. The number of carbonyl (C=O) groups is 2. The number of methoxy groups -OCH3 is 1. The van der Waals surface area contributed by atoms with Gasteiger partial charge in [-0.2, -0.15) is 5.26 Å². The van der Waals surface area contributed by atoms with E-state index in [1.54, 1.807) is 6.92 Å². The summed E-state index contributed by atoms with van der Waals surface area (Å²) >= 11 is 0. The molecule has 1 aromatic rings. The van der Waals surface area contributed by atoms with Crippen LogP contribution in [0.3, 0.4) is 0 Å². The molecule has 5 nitrogen and oxygen atoms in total. The molecule has 1 rings (SSSR count). The lowest BCUT2D eigenvalue weighted by atomic mass is 10.0. The van der Waals surface area contributed by atoms with E-state index in [9.17, 15) is 9.59 Å². The lowest BCUT2D eigenvalue weighted by Gasteiger charge is -2.17. The van der Waals surface area contributed by atoms with E-state index in [0.717, 1.165) is 5.56 Å². The Hall–Kier alpha value is -2.35. The predicted molar refractivity (Wildman–Crippen MR) is 78.1 cm³/mol. The molecule has 0 aromatic heterocycles. The molecule has 5 heteroatoms. The third-order valence-electron chi connectivity index (χ3n) is 3.11. The second-order valence-electron chi connectivity index (χ2n) is 4.89. The fraction of sp³-hybridized carbons (Fsp3) is 0.438. The van der Waals surface area contributed by atoms with Crippen LogP contribution in [0.25, 0.3) is 0 Å². The summed E-state index contributed by atoms with van der Waals surface area (Å²) in [6.07, 6.45) is 1.15. The lowest BCUT2D eigenvalue weighted by molar-refractivity contribution is -0.145. The van der Waals surface area contributed by atoms with E-state index in [0.29, 0.717) is 12.8 Å². The second kappa shape index (κ2) is 8.75. The zero-order chi connectivity index (χ0) is 15.7. The van der Waals surface area contributed by atoms with Gasteiger partial charge in [-0.05, 0) is 25.3 Å². The summed E-state index contributed by atoms with van der Waals surface area (Å²) in [5.41, 5.74) is 1.06. The van der Waals surface area contributed by atoms with Gasteiger partial charge in [0.2, 0.25) is 5.91 Å². The Morgan fingerprint density at radius 2 is 2.00 bits per heavy atom. The van der Waals surface area contributed by atoms with Gasteiger partial charge in [0.15, 0.2) is 0 Å². The van der Waals surface area contributed by atoms with Crippen molar-refractivity contribution in [2.24, 2.45) is 5.92 Å². The number of carbonyl (C=O) groups excluding carboxylic acids is 2. The highest BCUT2D eigenvalue weighted by atomic mass is 16.5. The van der Waals surface area contributed by atoms with Gasteiger partial charge in [-0.1, -0.05) is 30.3 Å². The van der Waals surface area contributed by atoms with Crippen LogP contribution in [0, 0.1) is 17.2 Å². The molecule has 0 aliphatic carbocycles. The van der Waals surface area contributed by atoms with Crippen molar-refractivity contribution in [1.29, 1.82) is 5.26 Å². The third kappa shape index (κ3) is 6.09. The summed E-state index contributed by atoms with van der Waals surface area (Å²) in [5, 5.41) is 11.4. The Kier molecular flexibility index (Phi) is 6.96. The summed E-state index contributed by atoms with van der Waals surface area (Å²) in [6.45, 7) is 1.70. The van der Waals surface area contributed by atoms with Crippen molar-refractivity contribution >= 4 is 11.9 Å². The number of hydrogen-bond acceptors (Lipinski definition) is 4. The Labute approximate surface area is 124 Å². The van der Waals surface area contributed by atoms with Gasteiger partial charge in [0.1, 0.15) is 6.04 Å². The summed E-state index contributed by atoms with van der Waals surface area (Å²) < 4.78 is 4.66. The Bertz CT molecular complexity index is 508. The van der Waals surface area contributed by atoms with Crippen LogP contribution in [0.5, 0.6) is 0 Å². The van der Waals surface area contributed by atoms with Gasteiger partial charge in [-0.3, -0.25) is 4.79 Å². The number of aryl methyl sites for hydroxylation is 1. The van der Waals surface area contributed by atoms with E-state index in [4.69, 9.17) is 5.26 Å². The zero-order valence-electron chi connectivity index (χ0n) is 12.3. The standard InChI is InChI=1S/C16H20N2O3/c1-12(11-17)10-14(16(20)21-2)18-15(19)9-8-13-6-4-3-5-7-13/h3-7,12,14H,8-10H2,1-2H3,(H,18,19)/t12-,14-/m1/s1. The summed E-state index contributed by atoms with van der Waals surface area (Å²) in [7, 11) is 1.27.